The van der Waals surface area contributed by atoms with Crippen LogP contribution in [0.3, 0.4) is 0 Å². The predicted molar refractivity (Wildman–Crippen MR) is 240 cm³/mol. The molecular weight excluding hydrogens is 713 g/mol. The number of hydrogen-bond donors (Lipinski definition) is 2. The highest BCUT2D eigenvalue weighted by molar-refractivity contribution is 5.72. The topological polar surface area (TPSA) is 79.0 Å². The number of allylic oxidation sites excluding steroid dienone is 1. The molecule has 0 aromatic heterocycles. The van der Waals surface area contributed by atoms with Crippen LogP contribution in [0.2, 0.25) is 0 Å². The smallest absolute Gasteiger partial charge is 0.216 e. The number of carbonyl (C=O) groups is 1. The number of nitrogens with zero attached hydrogens (tertiary/aromatic N) is 6. The maximum absolute atomic E-state index is 11.1. The Morgan fingerprint density at radius 3 is 1.47 bits per heavy atom. The molecule has 6 aliphatic rings. The first-order chi connectivity index (χ1) is 27.4. The number of rotatable bonds is 14. The summed E-state index contributed by atoms with van der Waals surface area (Å²) in [4.78, 5) is 26.7. The molecule has 1 amide bonds. The van der Waals surface area contributed by atoms with Gasteiger partial charge in [-0.1, -0.05) is 48.1 Å². The van der Waals surface area contributed by atoms with E-state index in [0.29, 0.717) is 35.4 Å². The first-order valence-corrected chi connectivity index (χ1v) is 23.6. The van der Waals surface area contributed by atoms with Crippen molar-refractivity contribution in [2.75, 3.05) is 138 Å². The predicted octanol–water partition coefficient (Wildman–Crippen LogP) is 5.33. The normalized spacial score (nSPS) is 26.0. The highest BCUT2D eigenvalue weighted by Crippen LogP contribution is 2.43. The summed E-state index contributed by atoms with van der Waals surface area (Å²) in [6, 6.07) is 0.696. The van der Waals surface area contributed by atoms with Gasteiger partial charge in [0.25, 0.3) is 0 Å². The van der Waals surface area contributed by atoms with Crippen molar-refractivity contribution in [3.05, 3.63) is 12.3 Å². The monoisotopic (exact) mass is 805 g/mol. The van der Waals surface area contributed by atoms with Gasteiger partial charge in [-0.15, -0.1) is 0 Å². The fourth-order valence-electron chi connectivity index (χ4n) is 9.33. The maximum Gasteiger partial charge on any atom is 0.216 e. The van der Waals surface area contributed by atoms with Gasteiger partial charge in [-0.05, 0) is 122 Å². The van der Waals surface area contributed by atoms with Crippen LogP contribution in [0.25, 0.3) is 0 Å². The van der Waals surface area contributed by atoms with E-state index >= 15 is 0 Å². The lowest BCUT2D eigenvalue weighted by Gasteiger charge is -2.40. The fraction of sp³-hybridized carbons (Fsp3) is 0.935. The van der Waals surface area contributed by atoms with Crippen molar-refractivity contribution in [1.29, 1.82) is 0 Å². The summed E-state index contributed by atoms with van der Waals surface area (Å²) in [5.41, 5.74) is 1.94. The van der Waals surface area contributed by atoms with Crippen LogP contribution in [0.15, 0.2) is 12.3 Å². The number of ether oxygens (including phenoxy) is 2. The number of piperazine rings is 2. The Morgan fingerprint density at radius 1 is 0.632 bits per heavy atom. The summed E-state index contributed by atoms with van der Waals surface area (Å²) < 4.78 is 12.1. The third-order valence-corrected chi connectivity index (χ3v) is 13.7. The van der Waals surface area contributed by atoms with Crippen molar-refractivity contribution in [3.63, 3.8) is 0 Å². The third-order valence-electron chi connectivity index (χ3n) is 13.7. The molecule has 11 nitrogen and oxygen atoms in total. The van der Waals surface area contributed by atoms with E-state index in [1.807, 2.05) is 27.7 Å². The minimum Gasteiger partial charge on any atom is -0.386 e. The standard InChI is InChI=1S/C24H46N4O.C18H34N4O2.2C2H6/c1-20(2)22(5)25-18-23-17-24(19-29-23)7-11-26(12-8-24)9-6-10-27-13-15-28(16-14-27)21(3)4;1-16(23)19-14-17-13-18(15-24-17)3-5-21(6-4-18)11-12-22-9-7-20(2)8-10-22;2*1-2/h20-21,23,25H,5-19H2,1-4H3;17H,3-15H2,1-2H3,(H,19,23);2*1-2H3. The van der Waals surface area contributed by atoms with Gasteiger partial charge in [0, 0.05) is 97.2 Å². The van der Waals surface area contributed by atoms with E-state index in [9.17, 15) is 4.79 Å². The second-order valence-corrected chi connectivity index (χ2v) is 18.4. The zero-order chi connectivity index (χ0) is 41.8. The van der Waals surface area contributed by atoms with Gasteiger partial charge in [0.1, 0.15) is 0 Å². The molecule has 0 bridgehead atoms. The van der Waals surface area contributed by atoms with E-state index in [-0.39, 0.29) is 12.0 Å². The molecule has 0 saturated carbocycles. The number of carbonyl (C=O) groups excluding carboxylic acids is 1. The zero-order valence-electron chi connectivity index (χ0n) is 39.0. The first-order valence-electron chi connectivity index (χ1n) is 23.6. The first kappa shape index (κ1) is 50.0. The van der Waals surface area contributed by atoms with E-state index in [0.717, 1.165) is 31.9 Å². The summed E-state index contributed by atoms with van der Waals surface area (Å²) in [6.45, 7) is 45.8. The number of nitrogens with one attached hydrogen (secondary N) is 2. The van der Waals surface area contributed by atoms with Crippen molar-refractivity contribution >= 4 is 5.91 Å². The Balaban J connectivity index is 0.000000285. The highest BCUT2D eigenvalue weighted by Gasteiger charge is 2.43. The number of piperidine rings is 2. The molecule has 6 aliphatic heterocycles. The summed E-state index contributed by atoms with van der Waals surface area (Å²) >= 11 is 0. The Labute approximate surface area is 352 Å². The molecule has 0 aromatic rings. The van der Waals surface area contributed by atoms with Gasteiger partial charge < -0.3 is 39.7 Å². The average molecular weight is 805 g/mol. The van der Waals surface area contributed by atoms with E-state index in [1.165, 1.54) is 143 Å². The molecule has 2 N–H and O–H groups in total. The minimum absolute atomic E-state index is 0.0401. The van der Waals surface area contributed by atoms with Gasteiger partial charge in [0.15, 0.2) is 0 Å². The van der Waals surface area contributed by atoms with E-state index < -0.39 is 0 Å². The van der Waals surface area contributed by atoms with Crippen LogP contribution in [0.5, 0.6) is 0 Å². The number of amides is 1. The van der Waals surface area contributed by atoms with E-state index in [2.05, 4.69) is 81.4 Å². The molecule has 0 aliphatic carbocycles. The van der Waals surface area contributed by atoms with Crippen LogP contribution in [0.4, 0.5) is 0 Å². The van der Waals surface area contributed by atoms with Crippen LogP contribution in [-0.4, -0.2) is 192 Å². The molecule has 2 atom stereocenters. The Hall–Kier alpha value is -1.31. The van der Waals surface area contributed by atoms with Crippen molar-refractivity contribution in [3.8, 4) is 0 Å². The van der Waals surface area contributed by atoms with Gasteiger partial charge >= 0.3 is 0 Å². The molecule has 0 radical (unpaired) electrons. The molecule has 57 heavy (non-hydrogen) atoms. The zero-order valence-corrected chi connectivity index (χ0v) is 39.0. The van der Waals surface area contributed by atoms with Gasteiger partial charge in [-0.3, -0.25) is 14.6 Å². The summed E-state index contributed by atoms with van der Waals surface area (Å²) in [6.07, 6.45) is 9.32. The van der Waals surface area contributed by atoms with Crippen molar-refractivity contribution in [1.82, 2.24) is 40.0 Å². The van der Waals surface area contributed by atoms with Crippen molar-refractivity contribution in [2.45, 2.75) is 126 Å². The van der Waals surface area contributed by atoms with Crippen LogP contribution in [0, 0.1) is 16.7 Å². The van der Waals surface area contributed by atoms with E-state index in [1.54, 1.807) is 6.92 Å². The average Bonchev–Trinajstić information content (AvgIpc) is 3.82. The van der Waals surface area contributed by atoms with Crippen LogP contribution >= 0.6 is 0 Å². The molecule has 2 unspecified atom stereocenters. The minimum atomic E-state index is 0.0401. The SMILES string of the molecule is C=C(NCC1CC2(CCN(CCCN3CCN(C(C)C)CC3)CC2)CO1)C(C)C.CC.CC.CC(=O)NCC1CC2(CCN(CCN3CCN(C)CC3)CC2)CO1. The van der Waals surface area contributed by atoms with Crippen LogP contribution in [-0.2, 0) is 14.3 Å². The number of likely N-dealkylation sites (tertiary alicyclic amines) is 2. The lowest BCUT2D eigenvalue weighted by atomic mass is 9.76. The second kappa shape index (κ2) is 26.1. The summed E-state index contributed by atoms with van der Waals surface area (Å²) in [5.74, 6) is 0.533. The Kier molecular flexibility index (Phi) is 22.9. The molecule has 6 rings (SSSR count). The van der Waals surface area contributed by atoms with Gasteiger partial charge in [0.2, 0.25) is 5.91 Å². The molecule has 6 saturated heterocycles. The van der Waals surface area contributed by atoms with Gasteiger partial charge in [0.05, 0.1) is 25.4 Å². The van der Waals surface area contributed by atoms with E-state index in [4.69, 9.17) is 9.47 Å². The molecule has 0 aromatic carbocycles. The summed E-state index contributed by atoms with van der Waals surface area (Å²) in [7, 11) is 2.21. The van der Waals surface area contributed by atoms with Crippen molar-refractivity contribution < 1.29 is 14.3 Å². The van der Waals surface area contributed by atoms with Crippen LogP contribution < -0.4 is 10.6 Å². The molecule has 11 heteroatoms. The molecule has 6 fully saturated rings. The van der Waals surface area contributed by atoms with Crippen molar-refractivity contribution in [2.24, 2.45) is 16.7 Å². The Morgan fingerprint density at radius 2 is 1.04 bits per heavy atom. The fourth-order valence-corrected chi connectivity index (χ4v) is 9.33. The lowest BCUT2D eigenvalue weighted by Crippen LogP contribution is -2.49. The largest absolute Gasteiger partial charge is 0.386 e. The quantitative estimate of drug-likeness (QED) is 0.241. The number of hydrogen-bond acceptors (Lipinski definition) is 10. The third kappa shape index (κ3) is 17.3. The Bertz CT molecular complexity index is 1090. The second-order valence-electron chi connectivity index (χ2n) is 18.4. The molecule has 2 spiro atoms. The molecule has 334 valence electrons. The van der Waals surface area contributed by atoms with Crippen LogP contribution in [0.1, 0.15) is 107 Å². The summed E-state index contributed by atoms with van der Waals surface area (Å²) in [5, 5.41) is 6.38. The molecule has 6 heterocycles. The molecular formula is C46H92N8O3. The van der Waals surface area contributed by atoms with Gasteiger partial charge in [-0.2, -0.15) is 0 Å². The van der Waals surface area contributed by atoms with Gasteiger partial charge in [-0.25, -0.2) is 0 Å². The maximum atomic E-state index is 11.1. The lowest BCUT2D eigenvalue weighted by molar-refractivity contribution is -0.119. The number of likely N-dealkylation sites (N-methyl/N-ethyl adjacent to an activating group) is 1. The highest BCUT2D eigenvalue weighted by atomic mass is 16.5.